The number of anilines is 1. The molecular weight excluding hydrogens is 508 g/mol. The minimum absolute atomic E-state index is 0.0241. The third kappa shape index (κ3) is 4.56. The number of hydrogen-bond donors (Lipinski definition) is 3. The Bertz CT molecular complexity index is 1750. The molecule has 9 nitrogen and oxygen atoms in total. The fourth-order valence-electron chi connectivity index (χ4n) is 4.12. The number of carbonyl (C=O) groups is 1. The number of pyridine rings is 3. The number of hydrogen-bond acceptors (Lipinski definition) is 7. The van der Waals surface area contributed by atoms with Crippen molar-refractivity contribution in [1.29, 1.82) is 0 Å². The zero-order valence-corrected chi connectivity index (χ0v) is 21.3. The molecule has 0 atom stereocenters. The lowest BCUT2D eigenvalue weighted by Gasteiger charge is -2.07. The minimum atomic E-state index is -0.0241. The Kier molecular flexibility index (Phi) is 6.11. The van der Waals surface area contributed by atoms with E-state index >= 15 is 0 Å². The van der Waals surface area contributed by atoms with Crippen LogP contribution >= 0.6 is 22.9 Å². The van der Waals surface area contributed by atoms with E-state index in [-0.39, 0.29) is 5.91 Å². The van der Waals surface area contributed by atoms with Crippen LogP contribution in [-0.4, -0.2) is 41.0 Å². The van der Waals surface area contributed by atoms with E-state index in [1.54, 1.807) is 18.6 Å². The van der Waals surface area contributed by atoms with Crippen LogP contribution in [0.5, 0.6) is 0 Å². The smallest absolute Gasteiger partial charge is 0.224 e. The number of halogens is 1. The van der Waals surface area contributed by atoms with Gasteiger partial charge in [-0.25, -0.2) is 15.0 Å². The first-order chi connectivity index (χ1) is 18.1. The monoisotopic (exact) mass is 528 g/mol. The summed E-state index contributed by atoms with van der Waals surface area (Å²) in [5.74, 6) is 0.535. The molecule has 0 bridgehead atoms. The number of aromatic amines is 2. The molecule has 184 valence electrons. The molecule has 6 aromatic rings. The van der Waals surface area contributed by atoms with Crippen LogP contribution in [0, 0.1) is 0 Å². The van der Waals surface area contributed by atoms with Crippen molar-refractivity contribution < 1.29 is 4.79 Å². The van der Waals surface area contributed by atoms with E-state index in [0.29, 0.717) is 44.8 Å². The standard InChI is InChI=1S/C26H21ClN8OS/c1-2-3-4-21(36)30-15-11-14(12-28-13-15)17-5-6-18-23(31-17)24(35-34-18)26-32-22-16(9-10-29-25(22)33-26)19-7-8-20(27)37-19/h5-13H,2-4H2,1H3,(H,30,36)(H,34,35)(H,29,32,33). The van der Waals surface area contributed by atoms with Crippen LogP contribution in [0.3, 0.4) is 0 Å². The number of H-pyrrole nitrogens is 2. The summed E-state index contributed by atoms with van der Waals surface area (Å²) in [6, 6.07) is 11.5. The fourth-order valence-corrected chi connectivity index (χ4v) is 5.20. The zero-order chi connectivity index (χ0) is 25.4. The predicted octanol–water partition coefficient (Wildman–Crippen LogP) is 6.47. The molecule has 37 heavy (non-hydrogen) atoms. The van der Waals surface area contributed by atoms with Gasteiger partial charge in [0.25, 0.3) is 0 Å². The van der Waals surface area contributed by atoms with Crippen molar-refractivity contribution in [2.45, 2.75) is 26.2 Å². The third-order valence-corrected chi connectivity index (χ3v) is 7.20. The van der Waals surface area contributed by atoms with E-state index in [1.807, 2.05) is 36.4 Å². The lowest BCUT2D eigenvalue weighted by atomic mass is 10.1. The molecule has 0 aliphatic heterocycles. The molecule has 11 heteroatoms. The summed E-state index contributed by atoms with van der Waals surface area (Å²) in [4.78, 5) is 34.9. The molecule has 0 spiro atoms. The van der Waals surface area contributed by atoms with Gasteiger partial charge in [-0.15, -0.1) is 11.3 Å². The molecule has 6 heterocycles. The van der Waals surface area contributed by atoms with Crippen molar-refractivity contribution in [2.24, 2.45) is 0 Å². The van der Waals surface area contributed by atoms with Gasteiger partial charge in [0, 0.05) is 34.8 Å². The molecule has 3 N–H and O–H groups in total. The second-order valence-electron chi connectivity index (χ2n) is 8.53. The average Bonchev–Trinajstić information content (AvgIpc) is 3.64. The Morgan fingerprint density at radius 2 is 2.05 bits per heavy atom. The highest BCUT2D eigenvalue weighted by Crippen LogP contribution is 2.35. The third-order valence-electron chi connectivity index (χ3n) is 5.94. The molecule has 6 rings (SSSR count). The first-order valence-corrected chi connectivity index (χ1v) is 13.0. The van der Waals surface area contributed by atoms with E-state index in [4.69, 9.17) is 21.6 Å². The molecule has 0 aromatic carbocycles. The number of unbranched alkanes of at least 4 members (excludes halogenated alkanes) is 1. The molecule has 0 aliphatic rings. The van der Waals surface area contributed by atoms with Gasteiger partial charge >= 0.3 is 0 Å². The first-order valence-electron chi connectivity index (χ1n) is 11.8. The summed E-state index contributed by atoms with van der Waals surface area (Å²) in [7, 11) is 0. The maximum absolute atomic E-state index is 12.2. The first kappa shape index (κ1) is 23.3. The van der Waals surface area contributed by atoms with Crippen molar-refractivity contribution in [3.05, 3.63) is 59.3 Å². The number of carbonyl (C=O) groups excluding carboxylic acids is 1. The number of nitrogens with zero attached hydrogens (tertiary/aromatic N) is 5. The summed E-state index contributed by atoms with van der Waals surface area (Å²) in [6.07, 6.45) is 7.38. The number of nitrogens with one attached hydrogen (secondary N) is 3. The normalized spacial score (nSPS) is 11.4. The molecule has 0 unspecified atom stereocenters. The average molecular weight is 529 g/mol. The van der Waals surface area contributed by atoms with Crippen molar-refractivity contribution >= 4 is 56.7 Å². The number of fused-ring (bicyclic) bond motifs is 2. The van der Waals surface area contributed by atoms with Crippen LogP contribution in [0.1, 0.15) is 26.2 Å². The summed E-state index contributed by atoms with van der Waals surface area (Å²) in [5.41, 5.74) is 6.50. The van der Waals surface area contributed by atoms with Crippen LogP contribution in [0.25, 0.3) is 55.4 Å². The highest BCUT2D eigenvalue weighted by molar-refractivity contribution is 7.19. The van der Waals surface area contributed by atoms with Crippen LogP contribution in [-0.2, 0) is 4.79 Å². The van der Waals surface area contributed by atoms with Gasteiger partial charge in [-0.05, 0) is 42.8 Å². The van der Waals surface area contributed by atoms with Crippen LogP contribution in [0.15, 0.2) is 55.0 Å². The van der Waals surface area contributed by atoms with Gasteiger partial charge in [0.1, 0.15) is 5.52 Å². The van der Waals surface area contributed by atoms with Crippen LogP contribution in [0.4, 0.5) is 5.69 Å². The second-order valence-corrected chi connectivity index (χ2v) is 10.2. The lowest BCUT2D eigenvalue weighted by Crippen LogP contribution is -2.11. The van der Waals surface area contributed by atoms with Crippen molar-refractivity contribution in [2.75, 3.05) is 5.32 Å². The Balaban J connectivity index is 1.37. The van der Waals surface area contributed by atoms with E-state index in [0.717, 1.165) is 39.9 Å². The van der Waals surface area contributed by atoms with E-state index in [2.05, 4.69) is 37.4 Å². The summed E-state index contributed by atoms with van der Waals surface area (Å²) in [5, 5.41) is 10.4. The second kappa shape index (κ2) is 9.72. The van der Waals surface area contributed by atoms with Gasteiger partial charge in [-0.2, -0.15) is 5.10 Å². The van der Waals surface area contributed by atoms with E-state index in [1.165, 1.54) is 11.3 Å². The molecule has 6 aromatic heterocycles. The Morgan fingerprint density at radius 3 is 2.89 bits per heavy atom. The highest BCUT2D eigenvalue weighted by Gasteiger charge is 2.18. The van der Waals surface area contributed by atoms with Crippen LogP contribution in [0.2, 0.25) is 4.34 Å². The molecule has 1 amide bonds. The fraction of sp³-hybridized carbons (Fsp3) is 0.154. The van der Waals surface area contributed by atoms with Gasteiger partial charge in [0.15, 0.2) is 17.2 Å². The van der Waals surface area contributed by atoms with E-state index in [9.17, 15) is 4.79 Å². The molecular formula is C26H21ClN8OS. The van der Waals surface area contributed by atoms with Gasteiger partial charge in [0.05, 0.1) is 32.9 Å². The van der Waals surface area contributed by atoms with Gasteiger partial charge < -0.3 is 10.3 Å². The van der Waals surface area contributed by atoms with E-state index < -0.39 is 0 Å². The number of imidazole rings is 1. The molecule has 0 aliphatic carbocycles. The quantitative estimate of drug-likeness (QED) is 0.218. The van der Waals surface area contributed by atoms with Crippen LogP contribution < -0.4 is 5.32 Å². The molecule has 0 fully saturated rings. The SMILES string of the molecule is CCCCC(=O)Nc1cncc(-c2ccc3[nH]nc(-c4nc5nccc(-c6ccc(Cl)s6)c5[nH]4)c3n2)c1. The largest absolute Gasteiger partial charge is 0.335 e. The maximum atomic E-state index is 12.2. The van der Waals surface area contributed by atoms with Crippen molar-refractivity contribution in [1.82, 2.24) is 35.1 Å². The van der Waals surface area contributed by atoms with Gasteiger partial charge in [0.2, 0.25) is 5.91 Å². The number of rotatable bonds is 7. The summed E-state index contributed by atoms with van der Waals surface area (Å²) >= 11 is 7.66. The minimum Gasteiger partial charge on any atom is -0.335 e. The molecule has 0 radical (unpaired) electrons. The summed E-state index contributed by atoms with van der Waals surface area (Å²) in [6.45, 7) is 2.06. The van der Waals surface area contributed by atoms with Gasteiger partial charge in [-0.3, -0.25) is 14.9 Å². The highest BCUT2D eigenvalue weighted by atomic mass is 35.5. The van der Waals surface area contributed by atoms with Gasteiger partial charge in [-0.1, -0.05) is 24.9 Å². The molecule has 0 saturated carbocycles. The Morgan fingerprint density at radius 1 is 1.14 bits per heavy atom. The lowest BCUT2D eigenvalue weighted by molar-refractivity contribution is -0.116. The van der Waals surface area contributed by atoms with Crippen molar-refractivity contribution in [3.8, 4) is 33.2 Å². The number of thiophene rings is 1. The summed E-state index contributed by atoms with van der Waals surface area (Å²) < 4.78 is 0.716. The molecule has 0 saturated heterocycles. The Hall–Kier alpha value is -4.15. The zero-order valence-electron chi connectivity index (χ0n) is 19.7. The maximum Gasteiger partial charge on any atom is 0.224 e. The predicted molar refractivity (Wildman–Crippen MR) is 146 cm³/mol. The number of aromatic nitrogens is 7. The Labute approximate surface area is 220 Å². The van der Waals surface area contributed by atoms with Crippen molar-refractivity contribution in [3.63, 3.8) is 0 Å². The number of amides is 1. The topological polar surface area (TPSA) is 125 Å².